The second-order valence-electron chi connectivity index (χ2n) is 7.30. The monoisotopic (exact) mass is 534 g/mol. The third-order valence-electron chi connectivity index (χ3n) is 4.55. The number of ether oxygens (including phenoxy) is 2. The summed E-state index contributed by atoms with van der Waals surface area (Å²) in [7, 11) is 0. The van der Waals surface area contributed by atoms with Gasteiger partial charge in [-0.25, -0.2) is 0 Å². The van der Waals surface area contributed by atoms with Crippen molar-refractivity contribution >= 4 is 64.0 Å². The zero-order chi connectivity index (χ0) is 25.2. The van der Waals surface area contributed by atoms with Crippen molar-refractivity contribution in [2.45, 2.75) is 19.3 Å². The van der Waals surface area contributed by atoms with Crippen molar-refractivity contribution in [3.8, 4) is 11.5 Å². The zero-order valence-corrected chi connectivity index (χ0v) is 20.6. The summed E-state index contributed by atoms with van der Waals surface area (Å²) in [5.74, 6) is -0.249. The highest BCUT2D eigenvalue weighted by Gasteiger charge is 2.11. The van der Waals surface area contributed by atoms with Gasteiger partial charge in [-0.2, -0.15) is 0 Å². The van der Waals surface area contributed by atoms with Crippen molar-refractivity contribution in [1.82, 2.24) is 0 Å². The smallest absolute Gasteiger partial charge is 0.306 e. The maximum absolute atomic E-state index is 12.1. The third-order valence-corrected chi connectivity index (χ3v) is 5.61. The molecule has 35 heavy (non-hydrogen) atoms. The minimum absolute atomic E-state index is 0.00190. The zero-order valence-electron chi connectivity index (χ0n) is 18.4. The van der Waals surface area contributed by atoms with Crippen LogP contribution in [0, 0.1) is 0 Å². The first kappa shape index (κ1) is 26.3. The topological polar surface area (TPSA) is 93.7 Å². The predicted molar refractivity (Wildman–Crippen MR) is 136 cm³/mol. The molecule has 3 aromatic rings. The molecule has 0 bridgehead atoms. The van der Waals surface area contributed by atoms with Crippen molar-refractivity contribution in [2.24, 2.45) is 0 Å². The van der Waals surface area contributed by atoms with Crippen LogP contribution in [0.4, 0.5) is 11.4 Å². The van der Waals surface area contributed by atoms with Gasteiger partial charge in [0.2, 0.25) is 5.91 Å². The molecule has 0 radical (unpaired) electrons. The molecule has 0 heterocycles. The molecule has 182 valence electrons. The minimum atomic E-state index is -0.580. The fourth-order valence-electron chi connectivity index (χ4n) is 2.87. The predicted octanol–water partition coefficient (Wildman–Crippen LogP) is 6.73. The van der Waals surface area contributed by atoms with E-state index in [-0.39, 0.29) is 25.2 Å². The Labute approximate surface area is 217 Å². The largest absolute Gasteiger partial charge is 0.456 e. The van der Waals surface area contributed by atoms with Crippen molar-refractivity contribution in [3.05, 3.63) is 81.8 Å². The van der Waals surface area contributed by atoms with E-state index < -0.39 is 18.5 Å². The van der Waals surface area contributed by atoms with Gasteiger partial charge in [0, 0.05) is 24.2 Å². The molecule has 0 aliphatic carbocycles. The van der Waals surface area contributed by atoms with E-state index in [2.05, 4.69) is 10.6 Å². The van der Waals surface area contributed by atoms with Gasteiger partial charge in [0.25, 0.3) is 5.91 Å². The first-order chi connectivity index (χ1) is 16.8. The van der Waals surface area contributed by atoms with Crippen LogP contribution in [0.5, 0.6) is 11.5 Å². The lowest BCUT2D eigenvalue weighted by molar-refractivity contribution is -0.147. The number of carbonyl (C=O) groups is 3. The molecule has 10 heteroatoms. The number of hydrogen-bond donors (Lipinski definition) is 2. The lowest BCUT2D eigenvalue weighted by Crippen LogP contribution is -2.21. The molecule has 3 rings (SSSR count). The number of nitrogens with one attached hydrogen (secondary N) is 2. The molecule has 0 atom stereocenters. The molecule has 3 aromatic carbocycles. The third kappa shape index (κ3) is 8.79. The summed E-state index contributed by atoms with van der Waals surface area (Å²) < 4.78 is 10.6. The molecule has 0 aliphatic heterocycles. The summed E-state index contributed by atoms with van der Waals surface area (Å²) in [6.45, 7) is -0.451. The molecule has 7 nitrogen and oxygen atoms in total. The summed E-state index contributed by atoms with van der Waals surface area (Å²) in [6, 6.07) is 18.5. The van der Waals surface area contributed by atoms with Gasteiger partial charge in [-0.05, 0) is 61.0 Å². The fourth-order valence-corrected chi connectivity index (χ4v) is 3.34. The van der Waals surface area contributed by atoms with E-state index in [4.69, 9.17) is 44.3 Å². The highest BCUT2D eigenvalue weighted by molar-refractivity contribution is 6.42. The van der Waals surface area contributed by atoms with E-state index in [0.717, 1.165) is 0 Å². The van der Waals surface area contributed by atoms with Crippen LogP contribution in [0.3, 0.4) is 0 Å². The maximum atomic E-state index is 12.1. The van der Waals surface area contributed by atoms with E-state index in [0.29, 0.717) is 37.9 Å². The second-order valence-corrected chi connectivity index (χ2v) is 8.52. The van der Waals surface area contributed by atoms with Gasteiger partial charge < -0.3 is 20.1 Å². The van der Waals surface area contributed by atoms with Gasteiger partial charge in [-0.1, -0.05) is 46.9 Å². The van der Waals surface area contributed by atoms with Gasteiger partial charge in [0.05, 0.1) is 15.1 Å². The Balaban J connectivity index is 1.33. The second kappa shape index (κ2) is 13.0. The molecule has 0 spiro atoms. The standard InChI is InChI=1S/C25H21Cl3N2O5/c26-19-13-10-17(14-21(19)28)30-24(32)15-34-25(33)7-3-6-23(31)29-16-8-11-18(12-9-16)35-22-5-2-1-4-20(22)27/h1-2,4-5,8-14H,3,6-7,15H2,(H,29,31)(H,30,32). The molecule has 0 aliphatic rings. The van der Waals surface area contributed by atoms with Crippen molar-refractivity contribution in [3.63, 3.8) is 0 Å². The molecule has 0 fully saturated rings. The Morgan fingerprint density at radius 1 is 0.714 bits per heavy atom. The van der Waals surface area contributed by atoms with Gasteiger partial charge in [0.1, 0.15) is 11.5 Å². The number of hydrogen-bond acceptors (Lipinski definition) is 5. The molecule has 2 N–H and O–H groups in total. The van der Waals surface area contributed by atoms with Crippen LogP contribution in [0.2, 0.25) is 15.1 Å². The van der Waals surface area contributed by atoms with Crippen molar-refractivity contribution in [2.75, 3.05) is 17.2 Å². The summed E-state index contributed by atoms with van der Waals surface area (Å²) in [6.07, 6.45) is 0.382. The molecular formula is C25H21Cl3N2O5. The molecule has 0 saturated heterocycles. The van der Waals surface area contributed by atoms with E-state index in [1.807, 2.05) is 12.1 Å². The SMILES string of the molecule is O=C(CCCC(=O)OCC(=O)Nc1ccc(Cl)c(Cl)c1)Nc1ccc(Oc2ccccc2Cl)cc1. The quantitative estimate of drug-likeness (QED) is 0.281. The maximum Gasteiger partial charge on any atom is 0.306 e. The molecular weight excluding hydrogens is 515 g/mol. The Morgan fingerprint density at radius 2 is 1.40 bits per heavy atom. The first-order valence-corrected chi connectivity index (χ1v) is 11.7. The van der Waals surface area contributed by atoms with Crippen LogP contribution in [0.1, 0.15) is 19.3 Å². The van der Waals surface area contributed by atoms with E-state index in [9.17, 15) is 14.4 Å². The number of benzene rings is 3. The van der Waals surface area contributed by atoms with Gasteiger partial charge in [0.15, 0.2) is 6.61 Å². The number of para-hydroxylation sites is 1. The Hall–Kier alpha value is -3.26. The number of anilines is 2. The van der Waals surface area contributed by atoms with Crippen molar-refractivity contribution < 1.29 is 23.9 Å². The van der Waals surface area contributed by atoms with E-state index in [1.54, 1.807) is 48.5 Å². The number of halogens is 3. The lowest BCUT2D eigenvalue weighted by Gasteiger charge is -2.09. The summed E-state index contributed by atoms with van der Waals surface area (Å²) >= 11 is 17.8. The highest BCUT2D eigenvalue weighted by Crippen LogP contribution is 2.29. The summed E-state index contributed by atoms with van der Waals surface area (Å²) in [5.41, 5.74) is 1.02. The van der Waals surface area contributed by atoms with Gasteiger partial charge in [-0.3, -0.25) is 14.4 Å². The number of esters is 1. The van der Waals surface area contributed by atoms with E-state index >= 15 is 0 Å². The fraction of sp³-hybridized carbons (Fsp3) is 0.160. The van der Waals surface area contributed by atoms with Crippen LogP contribution in [0.15, 0.2) is 66.7 Å². The van der Waals surface area contributed by atoms with Crippen LogP contribution in [-0.2, 0) is 19.1 Å². The van der Waals surface area contributed by atoms with Crippen molar-refractivity contribution in [1.29, 1.82) is 0 Å². The highest BCUT2D eigenvalue weighted by atomic mass is 35.5. The normalized spacial score (nSPS) is 10.4. The van der Waals surface area contributed by atoms with Crippen LogP contribution < -0.4 is 15.4 Å². The number of carbonyl (C=O) groups excluding carboxylic acids is 3. The summed E-state index contributed by atoms with van der Waals surface area (Å²) in [4.78, 5) is 35.9. The Kier molecular flexibility index (Phi) is 9.78. The van der Waals surface area contributed by atoms with E-state index in [1.165, 1.54) is 6.07 Å². The van der Waals surface area contributed by atoms with Crippen LogP contribution in [0.25, 0.3) is 0 Å². The Bertz CT molecular complexity index is 1200. The first-order valence-electron chi connectivity index (χ1n) is 10.5. The Morgan fingerprint density at radius 3 is 2.11 bits per heavy atom. The van der Waals surface area contributed by atoms with Crippen LogP contribution >= 0.6 is 34.8 Å². The molecule has 0 aromatic heterocycles. The average molecular weight is 536 g/mol. The minimum Gasteiger partial charge on any atom is -0.456 e. The average Bonchev–Trinajstić information content (AvgIpc) is 2.83. The number of amides is 2. The summed E-state index contributed by atoms with van der Waals surface area (Å²) in [5, 5.41) is 6.44. The lowest BCUT2D eigenvalue weighted by atomic mass is 10.2. The van der Waals surface area contributed by atoms with Gasteiger partial charge >= 0.3 is 5.97 Å². The molecule has 0 saturated carbocycles. The number of rotatable bonds is 10. The molecule has 0 unspecified atom stereocenters. The molecule has 2 amide bonds. The van der Waals surface area contributed by atoms with Crippen LogP contribution in [-0.4, -0.2) is 24.4 Å². The van der Waals surface area contributed by atoms with Gasteiger partial charge in [-0.15, -0.1) is 0 Å².